The number of halogens is 1. The van der Waals surface area contributed by atoms with Crippen LogP contribution >= 0.6 is 11.6 Å². The van der Waals surface area contributed by atoms with Crippen LogP contribution in [0.5, 0.6) is 0 Å². The summed E-state index contributed by atoms with van der Waals surface area (Å²) in [5, 5.41) is 0.735. The Hall–Kier alpha value is -2.66. The van der Waals surface area contributed by atoms with Crippen LogP contribution in [-0.2, 0) is 11.3 Å². The van der Waals surface area contributed by atoms with Gasteiger partial charge in [0.25, 0.3) is 0 Å². The number of ether oxygens (including phenoxy) is 1. The topological polar surface area (TPSA) is 29.8 Å². The molecule has 0 radical (unpaired) electrons. The molecule has 2 aromatic heterocycles. The lowest BCUT2D eigenvalue weighted by Gasteiger charge is -2.26. The lowest BCUT2D eigenvalue weighted by molar-refractivity contribution is 0.0336. The smallest absolute Gasteiger partial charge is 0.138 e. The zero-order valence-electron chi connectivity index (χ0n) is 16.1. The summed E-state index contributed by atoms with van der Waals surface area (Å²) in [5.41, 5.74) is 6.62. The fourth-order valence-electron chi connectivity index (χ4n) is 3.87. The van der Waals surface area contributed by atoms with Crippen LogP contribution in [0, 0.1) is 0 Å². The van der Waals surface area contributed by atoms with E-state index in [0.29, 0.717) is 0 Å². The number of benzene rings is 2. The molecule has 1 aliphatic heterocycles. The Morgan fingerprint density at radius 3 is 2.38 bits per heavy atom. The molecule has 146 valence electrons. The number of hydrogen-bond acceptors (Lipinski definition) is 3. The van der Waals surface area contributed by atoms with Crippen LogP contribution in [-0.4, -0.2) is 40.6 Å². The number of pyridine rings is 1. The number of morpholine rings is 1. The summed E-state index contributed by atoms with van der Waals surface area (Å²) in [5.74, 6) is 0. The minimum Gasteiger partial charge on any atom is -0.379 e. The van der Waals surface area contributed by atoms with Crippen molar-refractivity contribution >= 4 is 17.2 Å². The highest BCUT2D eigenvalue weighted by Gasteiger charge is 2.19. The Kier molecular flexibility index (Phi) is 5.06. The summed E-state index contributed by atoms with van der Waals surface area (Å²) in [7, 11) is 0. The summed E-state index contributed by atoms with van der Waals surface area (Å²) in [6.07, 6.45) is 2.14. The molecule has 0 spiro atoms. The molecule has 1 saturated heterocycles. The first kappa shape index (κ1) is 18.4. The van der Waals surface area contributed by atoms with Gasteiger partial charge >= 0.3 is 0 Å². The van der Waals surface area contributed by atoms with Crippen molar-refractivity contribution in [2.45, 2.75) is 6.54 Å². The average molecular weight is 404 g/mol. The van der Waals surface area contributed by atoms with E-state index in [-0.39, 0.29) is 0 Å². The number of imidazole rings is 1. The van der Waals surface area contributed by atoms with Gasteiger partial charge in [0.15, 0.2) is 0 Å². The van der Waals surface area contributed by atoms with Gasteiger partial charge in [-0.2, -0.15) is 0 Å². The van der Waals surface area contributed by atoms with Gasteiger partial charge in [-0.3, -0.25) is 4.90 Å². The zero-order valence-corrected chi connectivity index (χ0v) is 16.8. The van der Waals surface area contributed by atoms with Crippen molar-refractivity contribution in [2.24, 2.45) is 0 Å². The molecule has 0 bridgehead atoms. The first-order valence-corrected chi connectivity index (χ1v) is 10.3. The highest BCUT2D eigenvalue weighted by atomic mass is 35.5. The van der Waals surface area contributed by atoms with E-state index in [4.69, 9.17) is 21.3 Å². The van der Waals surface area contributed by atoms with E-state index in [1.807, 2.05) is 30.3 Å². The van der Waals surface area contributed by atoms with Crippen LogP contribution in [0.25, 0.3) is 28.0 Å². The number of hydrogen-bond donors (Lipinski definition) is 0. The van der Waals surface area contributed by atoms with Gasteiger partial charge in [0.2, 0.25) is 0 Å². The minimum atomic E-state index is 0.735. The van der Waals surface area contributed by atoms with Crippen molar-refractivity contribution < 1.29 is 4.74 Å². The third-order valence-electron chi connectivity index (χ3n) is 5.43. The highest BCUT2D eigenvalue weighted by Crippen LogP contribution is 2.29. The van der Waals surface area contributed by atoms with E-state index >= 15 is 0 Å². The summed E-state index contributed by atoms with van der Waals surface area (Å²) in [6, 6.07) is 22.7. The van der Waals surface area contributed by atoms with Gasteiger partial charge in [-0.15, -0.1) is 0 Å². The molecular weight excluding hydrogens is 382 g/mol. The molecule has 0 amide bonds. The molecule has 0 aliphatic carbocycles. The van der Waals surface area contributed by atoms with Crippen LogP contribution in [0.1, 0.15) is 5.69 Å². The van der Waals surface area contributed by atoms with E-state index in [9.17, 15) is 0 Å². The summed E-state index contributed by atoms with van der Waals surface area (Å²) in [4.78, 5) is 7.45. The fourth-order valence-corrected chi connectivity index (χ4v) is 3.99. The lowest BCUT2D eigenvalue weighted by atomic mass is 10.1. The molecule has 3 heterocycles. The van der Waals surface area contributed by atoms with Gasteiger partial charge in [-0.05, 0) is 35.4 Å². The van der Waals surface area contributed by atoms with Crippen molar-refractivity contribution in [1.82, 2.24) is 14.3 Å². The minimum absolute atomic E-state index is 0.735. The third-order valence-corrected chi connectivity index (χ3v) is 5.68. The van der Waals surface area contributed by atoms with E-state index in [1.165, 1.54) is 16.8 Å². The van der Waals surface area contributed by atoms with E-state index in [1.54, 1.807) is 0 Å². The molecule has 0 unspecified atom stereocenters. The molecule has 4 nitrogen and oxygen atoms in total. The quantitative estimate of drug-likeness (QED) is 0.471. The molecule has 5 heteroatoms. The van der Waals surface area contributed by atoms with Crippen molar-refractivity contribution in [3.05, 3.63) is 83.6 Å². The van der Waals surface area contributed by atoms with Gasteiger partial charge in [0.05, 0.1) is 24.6 Å². The SMILES string of the molecule is Clc1ccc(-c2nc3cc(-c4ccccc4)ccn3c2CN2CCOCC2)cc1. The van der Waals surface area contributed by atoms with Gasteiger partial charge in [-0.1, -0.05) is 54.1 Å². The largest absolute Gasteiger partial charge is 0.379 e. The van der Waals surface area contributed by atoms with Gasteiger partial charge in [0.1, 0.15) is 5.65 Å². The second-order valence-corrected chi connectivity index (χ2v) is 7.75. The maximum Gasteiger partial charge on any atom is 0.138 e. The van der Waals surface area contributed by atoms with Gasteiger partial charge < -0.3 is 9.14 Å². The summed E-state index contributed by atoms with van der Waals surface area (Å²) in [6.45, 7) is 4.29. The van der Waals surface area contributed by atoms with E-state index in [2.05, 4.69) is 51.9 Å². The van der Waals surface area contributed by atoms with Crippen molar-refractivity contribution in [3.8, 4) is 22.4 Å². The summed E-state index contributed by atoms with van der Waals surface area (Å²) >= 11 is 6.11. The molecule has 5 rings (SSSR count). The fraction of sp³-hybridized carbons (Fsp3) is 0.208. The molecule has 29 heavy (non-hydrogen) atoms. The average Bonchev–Trinajstić information content (AvgIpc) is 3.13. The second-order valence-electron chi connectivity index (χ2n) is 7.31. The Morgan fingerprint density at radius 2 is 1.62 bits per heavy atom. The van der Waals surface area contributed by atoms with Crippen molar-refractivity contribution in [1.29, 1.82) is 0 Å². The molecular formula is C24H22ClN3O. The van der Waals surface area contributed by atoms with Crippen LogP contribution in [0.3, 0.4) is 0 Å². The van der Waals surface area contributed by atoms with Gasteiger partial charge in [-0.25, -0.2) is 4.98 Å². The molecule has 0 N–H and O–H groups in total. The van der Waals surface area contributed by atoms with Crippen molar-refractivity contribution in [2.75, 3.05) is 26.3 Å². The normalized spacial score (nSPS) is 15.1. The number of fused-ring (bicyclic) bond motifs is 1. The monoisotopic (exact) mass is 403 g/mol. The Balaban J connectivity index is 1.61. The van der Waals surface area contributed by atoms with Crippen LogP contribution in [0.15, 0.2) is 72.9 Å². The molecule has 1 aliphatic rings. The molecule has 0 saturated carbocycles. The maximum absolute atomic E-state index is 6.11. The number of aromatic nitrogens is 2. The van der Waals surface area contributed by atoms with Gasteiger partial charge in [0, 0.05) is 36.4 Å². The maximum atomic E-state index is 6.11. The van der Waals surface area contributed by atoms with E-state index in [0.717, 1.165) is 54.8 Å². The van der Waals surface area contributed by atoms with Crippen LogP contribution in [0.2, 0.25) is 5.02 Å². The second kappa shape index (κ2) is 7.99. The third kappa shape index (κ3) is 3.79. The number of nitrogens with zero attached hydrogens (tertiary/aromatic N) is 3. The van der Waals surface area contributed by atoms with Crippen LogP contribution in [0.4, 0.5) is 0 Å². The molecule has 4 aromatic rings. The Bertz CT molecular complexity index is 1120. The standard InChI is InChI=1S/C24H22ClN3O/c25-21-8-6-19(7-9-21)24-22(17-27-12-14-29-15-13-27)28-11-10-20(16-23(28)26-24)18-4-2-1-3-5-18/h1-11,16H,12-15,17H2. The molecule has 1 fully saturated rings. The van der Waals surface area contributed by atoms with Crippen LogP contribution < -0.4 is 0 Å². The zero-order chi connectivity index (χ0) is 19.6. The molecule has 2 aromatic carbocycles. The predicted octanol–water partition coefficient (Wildman–Crippen LogP) is 5.15. The number of rotatable bonds is 4. The van der Waals surface area contributed by atoms with Crippen molar-refractivity contribution in [3.63, 3.8) is 0 Å². The first-order valence-electron chi connectivity index (χ1n) is 9.90. The molecule has 0 atom stereocenters. The first-order chi connectivity index (χ1) is 14.3. The lowest BCUT2D eigenvalue weighted by Crippen LogP contribution is -2.36. The predicted molar refractivity (Wildman–Crippen MR) is 117 cm³/mol. The highest BCUT2D eigenvalue weighted by molar-refractivity contribution is 6.30. The van der Waals surface area contributed by atoms with E-state index < -0.39 is 0 Å². The Morgan fingerprint density at radius 1 is 0.862 bits per heavy atom. The Labute approximate surface area is 175 Å². The summed E-state index contributed by atoms with van der Waals surface area (Å²) < 4.78 is 7.73.